The molecule has 0 radical (unpaired) electrons. The van der Waals surface area contributed by atoms with Crippen molar-refractivity contribution in [3.05, 3.63) is 177 Å². The van der Waals surface area contributed by atoms with Gasteiger partial charge >= 0.3 is 11.9 Å². The van der Waals surface area contributed by atoms with Gasteiger partial charge < -0.3 is 30.2 Å². The number of anilines is 4. The zero-order valence-corrected chi connectivity index (χ0v) is 48.1. The van der Waals surface area contributed by atoms with Gasteiger partial charge in [0.2, 0.25) is 0 Å². The quantitative estimate of drug-likeness (QED) is 0.0361. The second-order valence-corrected chi connectivity index (χ2v) is 26.0. The highest BCUT2D eigenvalue weighted by Gasteiger charge is 2.29. The summed E-state index contributed by atoms with van der Waals surface area (Å²) >= 11 is 0. The first kappa shape index (κ1) is 57.8. The number of rotatable bonds is 14. The van der Waals surface area contributed by atoms with Crippen LogP contribution in [0, 0.1) is 41.5 Å². The van der Waals surface area contributed by atoms with Crippen LogP contribution in [0.5, 0.6) is 11.5 Å². The Balaban J connectivity index is 1.12. The number of aromatic carboxylic acids is 2. The number of phenols is 2. The van der Waals surface area contributed by atoms with E-state index in [9.17, 15) is 72.8 Å². The highest BCUT2D eigenvalue weighted by molar-refractivity contribution is 7.93. The van der Waals surface area contributed by atoms with E-state index in [1.54, 1.807) is 52.8 Å². The molecule has 430 valence electrons. The lowest BCUT2D eigenvalue weighted by atomic mass is 9.93. The predicted octanol–water partition coefficient (Wildman–Crippen LogP) is 11.2. The Labute approximate surface area is 479 Å². The van der Waals surface area contributed by atoms with Crippen molar-refractivity contribution >= 4 is 113 Å². The molecule has 1 heterocycles. The smallest absolute Gasteiger partial charge is 0.339 e. The maximum Gasteiger partial charge on any atom is 0.339 e. The van der Waals surface area contributed by atoms with E-state index >= 15 is 0 Å². The lowest BCUT2D eigenvalue weighted by molar-refractivity contribution is 0.0682. The number of carboxylic acid groups (broad SMARTS) is 2. The molecule has 0 bridgehead atoms. The molecule has 0 aromatic heterocycles. The number of aryl methyl sites for hydroxylation is 4. The molecule has 84 heavy (non-hydrogen) atoms. The lowest BCUT2D eigenvalue weighted by Gasteiger charge is -2.21. The third-order valence-electron chi connectivity index (χ3n) is 14.3. The SMILES string of the molecule is Cc1cc(C)c(NS(=O)(=O)c2cccc3cc(C(=O)O)c(O)cc23)c(C)c1/N=c1\cc2oc3cc(Nc4c(C)cc(C)c(NS(=O)(=O)c5cccc6cc(C(=O)O)c(O)cc56)c4C)ccc3c(-c3ccccc3S(=O)(=O)O)c-2cc1S(=O)(=O)O. The minimum atomic E-state index is -5.23. The van der Waals surface area contributed by atoms with Crippen LogP contribution in [0.15, 0.2) is 156 Å². The molecule has 8 aromatic rings. The number of carbonyl (C=O) groups is 2. The number of aromatic hydroxyl groups is 2. The topological polar surface area (TPSA) is 354 Å². The number of benzene rings is 9. The average Bonchev–Trinajstić information content (AvgIpc) is 0.906. The molecule has 25 heteroatoms. The van der Waals surface area contributed by atoms with Gasteiger partial charge in [-0.15, -0.1) is 0 Å². The summed E-state index contributed by atoms with van der Waals surface area (Å²) in [7, 11) is -19.2. The molecular weight excluding hydrogens is 1160 g/mol. The monoisotopic (exact) mass is 1210 g/mol. The number of hydrogen-bond donors (Lipinski definition) is 9. The van der Waals surface area contributed by atoms with E-state index in [1.807, 2.05) is 0 Å². The molecule has 8 aromatic carbocycles. The Bertz CT molecular complexity index is 5080. The fraction of sp³-hybridized carbons (Fsp3) is 0.102. The highest BCUT2D eigenvalue weighted by Crippen LogP contribution is 2.45. The Morgan fingerprint density at radius 3 is 1.52 bits per heavy atom. The van der Waals surface area contributed by atoms with E-state index in [-0.39, 0.29) is 87.4 Å². The van der Waals surface area contributed by atoms with E-state index < -0.39 is 90.0 Å². The zero-order chi connectivity index (χ0) is 60.9. The van der Waals surface area contributed by atoms with Crippen LogP contribution in [0.3, 0.4) is 0 Å². The molecule has 0 amide bonds. The molecule has 0 unspecified atom stereocenters. The van der Waals surface area contributed by atoms with Gasteiger partial charge in [0.25, 0.3) is 40.3 Å². The summed E-state index contributed by atoms with van der Waals surface area (Å²) in [6, 6.07) is 28.3. The number of carboxylic acids is 2. The Morgan fingerprint density at radius 2 is 0.988 bits per heavy atom. The van der Waals surface area contributed by atoms with Crippen molar-refractivity contribution in [1.29, 1.82) is 0 Å². The van der Waals surface area contributed by atoms with Crippen LogP contribution in [-0.4, -0.2) is 75.1 Å². The number of nitrogens with one attached hydrogen (secondary N) is 3. The van der Waals surface area contributed by atoms with Crippen molar-refractivity contribution in [2.24, 2.45) is 4.99 Å². The summed E-state index contributed by atoms with van der Waals surface area (Å²) in [5.74, 6) is -4.27. The van der Waals surface area contributed by atoms with Crippen LogP contribution in [-0.2, 0) is 40.3 Å². The van der Waals surface area contributed by atoms with Gasteiger partial charge in [0.15, 0.2) is 0 Å². The molecular formula is C59H48N4O17S4. The highest BCUT2D eigenvalue weighted by atomic mass is 32.2. The molecule has 9 N–H and O–H groups in total. The molecule has 0 spiro atoms. The van der Waals surface area contributed by atoms with Crippen LogP contribution < -0.4 is 20.1 Å². The van der Waals surface area contributed by atoms with Crippen LogP contribution in [0.4, 0.5) is 28.4 Å². The van der Waals surface area contributed by atoms with Crippen molar-refractivity contribution in [3.63, 3.8) is 0 Å². The predicted molar refractivity (Wildman–Crippen MR) is 314 cm³/mol. The number of nitrogens with zero attached hydrogens (tertiary/aromatic N) is 1. The van der Waals surface area contributed by atoms with E-state index in [4.69, 9.17) is 9.41 Å². The Hall–Kier alpha value is -9.37. The fourth-order valence-electron chi connectivity index (χ4n) is 10.5. The average molecular weight is 1210 g/mol. The molecule has 0 saturated carbocycles. The van der Waals surface area contributed by atoms with E-state index in [2.05, 4.69) is 14.8 Å². The molecule has 1 aliphatic carbocycles. The molecule has 2 aliphatic rings. The standard InChI is InChI=1S/C59H48N4O17S4/c1-28-19-30(3)56(62-81(70,71)49-15-9-11-34-21-41(58(66)67)45(64)24-39(34)49)32(5)54(28)60-36-17-18-37-47(23-36)80-48-27-44(52(84(77,78)79)26-43(48)53(37)38-13-7-8-14-51(38)83(74,75)76)61-55-29(2)20-31(4)57(33(55)6)63-82(72,73)50-16-10-12-35-22-42(59(68)69)46(65)25-40(35)50/h7-27,60,62-65H,1-6H3,(H,66,67)(H,68,69)(H,74,75,76)(H,77,78,79)/b61-44+. The summed E-state index contributed by atoms with van der Waals surface area (Å²) < 4.78 is 143. The van der Waals surface area contributed by atoms with Crippen LogP contribution >= 0.6 is 0 Å². The first-order chi connectivity index (χ1) is 39.3. The van der Waals surface area contributed by atoms with Gasteiger partial charge in [-0.05, 0) is 146 Å². The van der Waals surface area contributed by atoms with E-state index in [1.165, 1.54) is 85.8 Å². The lowest BCUT2D eigenvalue weighted by Crippen LogP contribution is -2.17. The molecule has 10 rings (SSSR count). The maximum atomic E-state index is 14.3. The summed E-state index contributed by atoms with van der Waals surface area (Å²) in [5.41, 5.74) is 2.69. The minimum Gasteiger partial charge on any atom is -0.507 e. The first-order valence-electron chi connectivity index (χ1n) is 25.0. The van der Waals surface area contributed by atoms with E-state index in [0.717, 1.165) is 30.3 Å². The van der Waals surface area contributed by atoms with Crippen LogP contribution in [0.25, 0.3) is 55.0 Å². The van der Waals surface area contributed by atoms with Crippen molar-refractivity contribution in [3.8, 4) is 33.9 Å². The zero-order valence-electron chi connectivity index (χ0n) is 44.9. The molecule has 21 nitrogen and oxygen atoms in total. The van der Waals surface area contributed by atoms with Gasteiger partial charge in [0.05, 0.1) is 32.2 Å². The van der Waals surface area contributed by atoms with Crippen LogP contribution in [0.1, 0.15) is 54.1 Å². The third kappa shape index (κ3) is 10.5. The second kappa shape index (κ2) is 20.8. The van der Waals surface area contributed by atoms with E-state index in [0.29, 0.717) is 39.2 Å². The summed E-state index contributed by atoms with van der Waals surface area (Å²) in [6.45, 7) is 9.90. The largest absolute Gasteiger partial charge is 0.507 e. The maximum absolute atomic E-state index is 14.3. The molecule has 0 saturated heterocycles. The van der Waals surface area contributed by atoms with Gasteiger partial charge in [-0.1, -0.05) is 54.6 Å². The van der Waals surface area contributed by atoms with Crippen molar-refractivity contribution in [2.75, 3.05) is 14.8 Å². The van der Waals surface area contributed by atoms with Gasteiger partial charge in [-0.25, -0.2) is 31.4 Å². The van der Waals surface area contributed by atoms with Crippen molar-refractivity contribution < 1.29 is 77.2 Å². The van der Waals surface area contributed by atoms with Gasteiger partial charge in [-0.3, -0.25) is 18.5 Å². The van der Waals surface area contributed by atoms with Crippen LogP contribution in [0.2, 0.25) is 0 Å². The summed E-state index contributed by atoms with van der Waals surface area (Å²) in [4.78, 5) is 26.3. The minimum absolute atomic E-state index is 0.00498. The normalized spacial score (nSPS) is 12.5. The van der Waals surface area contributed by atoms with Crippen molar-refractivity contribution in [1.82, 2.24) is 0 Å². The second-order valence-electron chi connectivity index (χ2n) is 19.9. The molecule has 0 atom stereocenters. The summed E-state index contributed by atoms with van der Waals surface area (Å²) in [5, 5.41) is 43.8. The Morgan fingerprint density at radius 1 is 0.488 bits per heavy atom. The first-order valence-corrected chi connectivity index (χ1v) is 30.9. The summed E-state index contributed by atoms with van der Waals surface area (Å²) in [6.07, 6.45) is 0. The number of sulfonamides is 2. The number of fused-ring (bicyclic) bond motifs is 4. The van der Waals surface area contributed by atoms with Gasteiger partial charge in [0, 0.05) is 56.4 Å². The number of hydrogen-bond acceptors (Lipinski definition) is 15. The molecule has 1 aliphatic heterocycles. The molecule has 0 fully saturated rings. The van der Waals surface area contributed by atoms with Gasteiger partial charge in [0.1, 0.15) is 43.8 Å². The fourth-order valence-corrected chi connectivity index (χ4v) is 14.7. The van der Waals surface area contributed by atoms with Crippen molar-refractivity contribution in [2.45, 2.75) is 61.1 Å². The third-order valence-corrected chi connectivity index (χ3v) is 19.0. The Kier molecular flexibility index (Phi) is 14.3. The van der Waals surface area contributed by atoms with Gasteiger partial charge in [-0.2, -0.15) is 16.8 Å².